The molecule has 5 nitrogen and oxygen atoms in total. The zero-order valence-corrected chi connectivity index (χ0v) is 33.8. The van der Waals surface area contributed by atoms with Crippen molar-refractivity contribution in [2.45, 2.75) is 91.4 Å². The standard InChI is InChI=1S/C50H53N4O/c1-10-50(9,11-2)36-28-38(54-33-53(54,45-21-14-15-22-46(45)54)37-18-16-17-34(27-37)48(3,4)5)31-40(29-36)55-39-23-24-42-41-19-12-13-20-43(41)52(44(42)32-39)47-30-35(25-26-51-47)49(6,7)8/h12-33H,10-11H2,1-9H3/q+1/t53-,54?/m0/s1. The Hall–Kier alpha value is -5.23. The van der Waals surface area contributed by atoms with Crippen molar-refractivity contribution >= 4 is 44.6 Å². The SMILES string of the molecule is CCC(C)(CC)c1cc(Oc2ccc3c4ccccc4n(-c4cc(C(C)(C)C)ccn4)c3c2)cc([N+]23[CH-][N@+]2(c2cccc(C(C)(C)C)c2)c2ccccc23)c1. The van der Waals surface area contributed by atoms with Gasteiger partial charge in [-0.05, 0) is 82.2 Å². The Balaban J connectivity index is 1.20. The molecule has 5 aromatic carbocycles. The van der Waals surface area contributed by atoms with Crippen LogP contribution in [0.4, 0.5) is 22.7 Å². The second-order valence-electron chi connectivity index (χ2n) is 18.0. The maximum atomic E-state index is 7.02. The van der Waals surface area contributed by atoms with Crippen LogP contribution in [0.15, 0.2) is 128 Å². The number of quaternary nitrogens is 2. The molecule has 0 radical (unpaired) electrons. The average molecular weight is 726 g/mol. The Morgan fingerprint density at radius 2 is 1.20 bits per heavy atom. The lowest BCUT2D eigenvalue weighted by Crippen LogP contribution is -2.46. The second kappa shape index (κ2) is 12.1. The van der Waals surface area contributed by atoms with Crippen LogP contribution in [0.25, 0.3) is 27.6 Å². The van der Waals surface area contributed by atoms with Crippen molar-refractivity contribution in [2.24, 2.45) is 0 Å². The summed E-state index contributed by atoms with van der Waals surface area (Å²) in [5, 5.41) is 2.38. The van der Waals surface area contributed by atoms with Gasteiger partial charge in [-0.3, -0.25) is 4.57 Å². The van der Waals surface area contributed by atoms with Crippen LogP contribution in [0.5, 0.6) is 11.5 Å². The Labute approximate surface area is 326 Å². The summed E-state index contributed by atoms with van der Waals surface area (Å²) in [4.78, 5) is 4.91. The van der Waals surface area contributed by atoms with Crippen LogP contribution >= 0.6 is 0 Å². The van der Waals surface area contributed by atoms with E-state index in [1.54, 1.807) is 0 Å². The van der Waals surface area contributed by atoms with Gasteiger partial charge in [-0.2, -0.15) is 9.18 Å². The van der Waals surface area contributed by atoms with Crippen molar-refractivity contribution in [1.82, 2.24) is 18.7 Å². The fourth-order valence-corrected chi connectivity index (χ4v) is 8.89. The summed E-state index contributed by atoms with van der Waals surface area (Å²) in [5.74, 6) is 2.57. The smallest absolute Gasteiger partial charge is 0.225 e. The number of fused-ring (bicyclic) bond motifs is 7. The molecule has 0 spiro atoms. The van der Waals surface area contributed by atoms with E-state index in [1.165, 1.54) is 50.2 Å². The quantitative estimate of drug-likeness (QED) is 0.0886. The highest BCUT2D eigenvalue weighted by molar-refractivity contribution is 6.09. The summed E-state index contributed by atoms with van der Waals surface area (Å²) in [7, 11) is 0. The van der Waals surface area contributed by atoms with E-state index in [0.29, 0.717) is 9.18 Å². The van der Waals surface area contributed by atoms with Crippen molar-refractivity contribution in [1.29, 1.82) is 0 Å². The number of hydrogen-bond donors (Lipinski definition) is 0. The summed E-state index contributed by atoms with van der Waals surface area (Å²) in [5.41, 5.74) is 11.3. The maximum Gasteiger partial charge on any atom is 0.225 e. The molecule has 9 rings (SSSR count). The molecule has 2 aliphatic rings. The van der Waals surface area contributed by atoms with Gasteiger partial charge >= 0.3 is 0 Å². The second-order valence-corrected chi connectivity index (χ2v) is 18.0. The van der Waals surface area contributed by atoms with Crippen molar-refractivity contribution in [3.63, 3.8) is 0 Å². The fourth-order valence-electron chi connectivity index (χ4n) is 8.89. The van der Waals surface area contributed by atoms with Gasteiger partial charge in [0.25, 0.3) is 0 Å². The topological polar surface area (TPSA) is 27.1 Å². The molecule has 1 saturated heterocycles. The van der Waals surface area contributed by atoms with E-state index in [-0.39, 0.29) is 16.2 Å². The Morgan fingerprint density at radius 3 is 1.91 bits per heavy atom. The number of rotatable bonds is 8. The third kappa shape index (κ3) is 5.23. The molecule has 1 unspecified atom stereocenters. The molecule has 5 heteroatoms. The Bertz CT molecular complexity index is 2630. The summed E-state index contributed by atoms with van der Waals surface area (Å²) in [6.45, 7) is 23.1. The molecule has 278 valence electrons. The third-order valence-corrected chi connectivity index (χ3v) is 12.8. The van der Waals surface area contributed by atoms with E-state index in [2.05, 4.69) is 195 Å². The summed E-state index contributed by atoms with van der Waals surface area (Å²) >= 11 is 0. The molecule has 2 atom stereocenters. The van der Waals surface area contributed by atoms with Crippen LogP contribution in [0.1, 0.15) is 91.8 Å². The van der Waals surface area contributed by atoms with Crippen LogP contribution in [-0.2, 0) is 16.2 Å². The first-order chi connectivity index (χ1) is 26.2. The highest BCUT2D eigenvalue weighted by Gasteiger charge is 2.78. The Morgan fingerprint density at radius 1 is 0.564 bits per heavy atom. The van der Waals surface area contributed by atoms with Crippen molar-refractivity contribution in [3.05, 3.63) is 151 Å². The molecule has 2 aromatic heterocycles. The fraction of sp³-hybridized carbons (Fsp3) is 0.280. The van der Waals surface area contributed by atoms with E-state index < -0.39 is 0 Å². The minimum absolute atomic E-state index is 0.00254. The van der Waals surface area contributed by atoms with Gasteiger partial charge in [-0.1, -0.05) is 105 Å². The molecule has 0 aliphatic carbocycles. The molecular weight excluding hydrogens is 673 g/mol. The zero-order valence-electron chi connectivity index (χ0n) is 33.8. The molecular formula is C50H53N4O+. The number of benzene rings is 5. The molecule has 2 aliphatic heterocycles. The minimum Gasteiger partial charge on any atom is -0.457 e. The van der Waals surface area contributed by atoms with Crippen LogP contribution < -0.4 is 13.9 Å². The number of nitrogens with zero attached hydrogens (tertiary/aromatic N) is 4. The van der Waals surface area contributed by atoms with Gasteiger partial charge in [0.2, 0.25) is 11.4 Å². The predicted octanol–water partition coefficient (Wildman–Crippen LogP) is 14.0. The van der Waals surface area contributed by atoms with Gasteiger partial charge in [0.1, 0.15) is 17.3 Å². The monoisotopic (exact) mass is 725 g/mol. The van der Waals surface area contributed by atoms with Crippen molar-refractivity contribution in [3.8, 4) is 17.3 Å². The van der Waals surface area contributed by atoms with Crippen LogP contribution in [0.2, 0.25) is 0 Å². The maximum absolute atomic E-state index is 7.02. The van der Waals surface area contributed by atoms with Gasteiger partial charge in [0, 0.05) is 59.4 Å². The number of pyridine rings is 1. The lowest BCUT2D eigenvalue weighted by molar-refractivity contribution is 0.413. The van der Waals surface area contributed by atoms with Crippen LogP contribution in [-0.4, -0.2) is 9.55 Å². The molecule has 55 heavy (non-hydrogen) atoms. The third-order valence-electron chi connectivity index (χ3n) is 12.8. The van der Waals surface area contributed by atoms with Gasteiger partial charge in [0.15, 0.2) is 18.0 Å². The molecule has 4 heterocycles. The number of para-hydroxylation sites is 3. The van der Waals surface area contributed by atoms with E-state index >= 15 is 0 Å². The van der Waals surface area contributed by atoms with E-state index in [4.69, 9.17) is 9.72 Å². The van der Waals surface area contributed by atoms with Crippen molar-refractivity contribution in [2.75, 3.05) is 0 Å². The molecule has 0 N–H and O–H groups in total. The van der Waals surface area contributed by atoms with Crippen LogP contribution in [0, 0.1) is 6.67 Å². The largest absolute Gasteiger partial charge is 0.457 e. The first kappa shape index (κ1) is 35.5. The molecule has 7 aromatic rings. The predicted molar refractivity (Wildman–Crippen MR) is 231 cm³/mol. The van der Waals surface area contributed by atoms with E-state index in [1.807, 2.05) is 6.20 Å². The number of aromatic nitrogens is 2. The zero-order chi connectivity index (χ0) is 38.5. The summed E-state index contributed by atoms with van der Waals surface area (Å²) in [6.07, 6.45) is 4.01. The molecule has 0 bridgehead atoms. The van der Waals surface area contributed by atoms with Gasteiger partial charge in [-0.15, -0.1) is 0 Å². The first-order valence-corrected chi connectivity index (χ1v) is 19.9. The molecule has 1 fully saturated rings. The highest BCUT2D eigenvalue weighted by Crippen LogP contribution is 2.75. The molecule has 0 saturated carbocycles. The van der Waals surface area contributed by atoms with Crippen molar-refractivity contribution < 1.29 is 4.74 Å². The molecule has 0 amide bonds. The summed E-state index contributed by atoms with van der Waals surface area (Å²) < 4.78 is 10.6. The normalized spacial score (nSPS) is 19.2. The Kier molecular flexibility index (Phi) is 7.83. The highest BCUT2D eigenvalue weighted by atomic mass is 16.5. The number of hydrogen-bond acceptors (Lipinski definition) is 2. The first-order valence-electron chi connectivity index (χ1n) is 19.9. The van der Waals surface area contributed by atoms with E-state index in [0.717, 1.165) is 41.2 Å². The van der Waals surface area contributed by atoms with E-state index in [9.17, 15) is 0 Å². The lowest BCUT2D eigenvalue weighted by atomic mass is 9.77. The lowest BCUT2D eigenvalue weighted by Gasteiger charge is -2.40. The van der Waals surface area contributed by atoms with Gasteiger partial charge < -0.3 is 4.74 Å². The average Bonchev–Trinajstić information content (AvgIpc) is 3.67. The summed E-state index contributed by atoms with van der Waals surface area (Å²) in [6, 6.07) is 44.7. The van der Waals surface area contributed by atoms with Gasteiger partial charge in [-0.25, -0.2) is 4.98 Å². The van der Waals surface area contributed by atoms with Gasteiger partial charge in [0.05, 0.1) is 11.0 Å². The number of ether oxygens (including phenoxy) is 1. The van der Waals surface area contributed by atoms with Crippen LogP contribution in [0.3, 0.4) is 0 Å². The minimum atomic E-state index is -0.00519.